The molecule has 1 N–H and O–H groups in total. The molecule has 2 aromatic rings. The first kappa shape index (κ1) is 13.7. The highest BCUT2D eigenvalue weighted by Crippen LogP contribution is 2.42. The SMILES string of the molecule is CNC1CCCC2=C1Cc1cc(-c3ccc(F)cc3)ccc12. The van der Waals surface area contributed by atoms with Crippen LogP contribution in [0.4, 0.5) is 4.39 Å². The summed E-state index contributed by atoms with van der Waals surface area (Å²) in [5.41, 5.74) is 8.26. The molecule has 0 spiro atoms. The lowest BCUT2D eigenvalue weighted by molar-refractivity contribution is 0.543. The van der Waals surface area contributed by atoms with E-state index >= 15 is 0 Å². The normalized spacial score (nSPS) is 20.0. The van der Waals surface area contributed by atoms with Crippen LogP contribution in [0, 0.1) is 5.82 Å². The lowest BCUT2D eigenvalue weighted by Crippen LogP contribution is -2.29. The predicted molar refractivity (Wildman–Crippen MR) is 89.2 cm³/mol. The summed E-state index contributed by atoms with van der Waals surface area (Å²) >= 11 is 0. The molecule has 0 saturated heterocycles. The first-order chi connectivity index (χ1) is 10.8. The van der Waals surface area contributed by atoms with Crippen molar-refractivity contribution in [3.63, 3.8) is 0 Å². The maximum Gasteiger partial charge on any atom is 0.123 e. The molecule has 0 aliphatic heterocycles. The zero-order chi connectivity index (χ0) is 15.1. The van der Waals surface area contributed by atoms with Crippen molar-refractivity contribution in [2.24, 2.45) is 0 Å². The number of hydrogen-bond acceptors (Lipinski definition) is 1. The number of halogens is 1. The van der Waals surface area contributed by atoms with Crippen molar-refractivity contribution >= 4 is 5.57 Å². The molecule has 1 atom stereocenters. The Morgan fingerprint density at radius 3 is 2.59 bits per heavy atom. The Kier molecular flexibility index (Phi) is 3.34. The third-order valence-corrected chi connectivity index (χ3v) is 5.07. The quantitative estimate of drug-likeness (QED) is 0.855. The van der Waals surface area contributed by atoms with Crippen molar-refractivity contribution in [2.75, 3.05) is 7.05 Å². The van der Waals surface area contributed by atoms with Crippen LogP contribution < -0.4 is 5.32 Å². The maximum atomic E-state index is 13.1. The fraction of sp³-hybridized carbons (Fsp3) is 0.300. The summed E-state index contributed by atoms with van der Waals surface area (Å²) in [4.78, 5) is 0. The monoisotopic (exact) mass is 293 g/mol. The molecule has 2 aliphatic rings. The summed E-state index contributed by atoms with van der Waals surface area (Å²) in [6.07, 6.45) is 4.78. The van der Waals surface area contributed by atoms with Crippen LogP contribution >= 0.6 is 0 Å². The van der Waals surface area contributed by atoms with Gasteiger partial charge in [0, 0.05) is 6.04 Å². The molecule has 0 amide bonds. The van der Waals surface area contributed by atoms with Gasteiger partial charge in [-0.15, -0.1) is 0 Å². The van der Waals surface area contributed by atoms with Crippen molar-refractivity contribution in [1.82, 2.24) is 5.32 Å². The lowest BCUT2D eigenvalue weighted by Gasteiger charge is -2.24. The second-order valence-electron chi connectivity index (χ2n) is 6.29. The van der Waals surface area contributed by atoms with Crippen molar-refractivity contribution in [1.29, 1.82) is 0 Å². The van der Waals surface area contributed by atoms with Crippen LogP contribution in [0.3, 0.4) is 0 Å². The molecular weight excluding hydrogens is 273 g/mol. The number of benzene rings is 2. The van der Waals surface area contributed by atoms with E-state index in [2.05, 4.69) is 30.6 Å². The molecule has 0 bridgehead atoms. The third kappa shape index (κ3) is 2.19. The highest BCUT2D eigenvalue weighted by Gasteiger charge is 2.29. The van der Waals surface area contributed by atoms with Crippen LogP contribution in [-0.2, 0) is 6.42 Å². The van der Waals surface area contributed by atoms with Gasteiger partial charge in [0.2, 0.25) is 0 Å². The van der Waals surface area contributed by atoms with Crippen LogP contribution in [0.25, 0.3) is 16.7 Å². The zero-order valence-corrected chi connectivity index (χ0v) is 12.8. The number of rotatable bonds is 2. The van der Waals surface area contributed by atoms with Crippen molar-refractivity contribution < 1.29 is 4.39 Å². The van der Waals surface area contributed by atoms with Gasteiger partial charge in [-0.1, -0.05) is 30.3 Å². The van der Waals surface area contributed by atoms with Gasteiger partial charge in [-0.05, 0) is 78.3 Å². The molecule has 112 valence electrons. The summed E-state index contributed by atoms with van der Waals surface area (Å²) in [5, 5.41) is 3.46. The minimum Gasteiger partial charge on any atom is -0.313 e. The molecular formula is C20H20FN. The van der Waals surface area contributed by atoms with E-state index < -0.39 is 0 Å². The minimum absolute atomic E-state index is 0.182. The van der Waals surface area contributed by atoms with Gasteiger partial charge >= 0.3 is 0 Å². The number of fused-ring (bicyclic) bond motifs is 2. The van der Waals surface area contributed by atoms with E-state index in [9.17, 15) is 4.39 Å². The highest BCUT2D eigenvalue weighted by molar-refractivity contribution is 5.80. The van der Waals surface area contributed by atoms with E-state index in [1.54, 1.807) is 11.1 Å². The average molecular weight is 293 g/mol. The van der Waals surface area contributed by atoms with E-state index in [-0.39, 0.29) is 5.82 Å². The standard InChI is InChI=1S/C20H20FN/c1-22-20-4-2-3-18-17-10-7-14(11-15(17)12-19(18)20)13-5-8-16(21)9-6-13/h5-11,20,22H,2-4,12H2,1H3. The van der Waals surface area contributed by atoms with Crippen LogP contribution in [0.1, 0.15) is 30.4 Å². The number of hydrogen-bond donors (Lipinski definition) is 1. The molecule has 2 heteroatoms. The Morgan fingerprint density at radius 1 is 1.05 bits per heavy atom. The Hall–Kier alpha value is -1.93. The van der Waals surface area contributed by atoms with Crippen LogP contribution in [-0.4, -0.2) is 13.1 Å². The van der Waals surface area contributed by atoms with E-state index in [4.69, 9.17) is 0 Å². The van der Waals surface area contributed by atoms with Gasteiger partial charge in [0.05, 0.1) is 0 Å². The molecule has 2 aromatic carbocycles. The largest absolute Gasteiger partial charge is 0.313 e. The molecule has 0 saturated carbocycles. The summed E-state index contributed by atoms with van der Waals surface area (Å²) in [6.45, 7) is 0. The Labute approximate surface area is 130 Å². The maximum absolute atomic E-state index is 13.1. The summed E-state index contributed by atoms with van der Waals surface area (Å²) in [7, 11) is 2.06. The number of likely N-dealkylation sites (N-methyl/N-ethyl adjacent to an activating group) is 1. The molecule has 1 unspecified atom stereocenters. The van der Waals surface area contributed by atoms with Gasteiger partial charge in [-0.2, -0.15) is 0 Å². The number of allylic oxidation sites excluding steroid dienone is 1. The van der Waals surface area contributed by atoms with E-state index in [1.165, 1.54) is 48.1 Å². The number of nitrogens with one attached hydrogen (secondary N) is 1. The van der Waals surface area contributed by atoms with Crippen LogP contribution in [0.2, 0.25) is 0 Å². The van der Waals surface area contributed by atoms with Gasteiger partial charge < -0.3 is 5.32 Å². The molecule has 0 aromatic heterocycles. The van der Waals surface area contributed by atoms with Gasteiger partial charge in [-0.25, -0.2) is 4.39 Å². The van der Waals surface area contributed by atoms with Crippen molar-refractivity contribution in [3.05, 3.63) is 65.0 Å². The molecule has 1 nitrogen and oxygen atoms in total. The Balaban J connectivity index is 1.71. The first-order valence-corrected chi connectivity index (χ1v) is 8.04. The van der Waals surface area contributed by atoms with Gasteiger partial charge in [0.1, 0.15) is 5.82 Å². The molecule has 0 radical (unpaired) electrons. The molecule has 22 heavy (non-hydrogen) atoms. The smallest absolute Gasteiger partial charge is 0.123 e. The van der Waals surface area contributed by atoms with Gasteiger partial charge in [0.15, 0.2) is 0 Å². The molecule has 0 fully saturated rings. The first-order valence-electron chi connectivity index (χ1n) is 8.04. The Morgan fingerprint density at radius 2 is 1.82 bits per heavy atom. The zero-order valence-electron chi connectivity index (χ0n) is 12.8. The van der Waals surface area contributed by atoms with Crippen molar-refractivity contribution in [2.45, 2.75) is 31.7 Å². The molecule has 0 heterocycles. The second kappa shape index (κ2) is 5.36. The summed E-state index contributed by atoms with van der Waals surface area (Å²) in [6, 6.07) is 14.0. The second-order valence-corrected chi connectivity index (χ2v) is 6.29. The lowest BCUT2D eigenvalue weighted by atomic mass is 9.88. The van der Waals surface area contributed by atoms with Gasteiger partial charge in [0.25, 0.3) is 0 Å². The van der Waals surface area contributed by atoms with Crippen LogP contribution in [0.5, 0.6) is 0 Å². The highest BCUT2D eigenvalue weighted by atomic mass is 19.1. The molecule has 4 rings (SSSR count). The van der Waals surface area contributed by atoms with E-state index in [0.717, 1.165) is 12.0 Å². The van der Waals surface area contributed by atoms with E-state index in [1.807, 2.05) is 12.1 Å². The predicted octanol–water partition coefficient (Wildman–Crippen LogP) is 4.57. The van der Waals surface area contributed by atoms with Crippen LogP contribution in [0.15, 0.2) is 48.0 Å². The van der Waals surface area contributed by atoms with Crippen molar-refractivity contribution in [3.8, 4) is 11.1 Å². The van der Waals surface area contributed by atoms with E-state index in [0.29, 0.717) is 6.04 Å². The minimum atomic E-state index is -0.182. The Bertz CT molecular complexity index is 743. The summed E-state index contributed by atoms with van der Waals surface area (Å²) < 4.78 is 13.1. The topological polar surface area (TPSA) is 12.0 Å². The average Bonchev–Trinajstić information content (AvgIpc) is 2.93. The fourth-order valence-electron chi connectivity index (χ4n) is 3.95. The third-order valence-electron chi connectivity index (χ3n) is 5.07. The summed E-state index contributed by atoms with van der Waals surface area (Å²) in [5.74, 6) is -0.182. The van der Waals surface area contributed by atoms with Gasteiger partial charge in [-0.3, -0.25) is 0 Å². The fourth-order valence-corrected chi connectivity index (χ4v) is 3.95. The molecule has 2 aliphatic carbocycles.